The van der Waals surface area contributed by atoms with Gasteiger partial charge in [-0.05, 0) is 25.1 Å². The lowest BCUT2D eigenvalue weighted by Gasteiger charge is -2.10. The number of rotatable bonds is 5. The Balaban J connectivity index is 1.95. The number of amides is 1. The zero-order valence-electron chi connectivity index (χ0n) is 11.2. The van der Waals surface area contributed by atoms with Crippen molar-refractivity contribution in [3.63, 3.8) is 0 Å². The first-order valence-electron chi connectivity index (χ1n) is 6.23. The molecule has 0 saturated carbocycles. The summed E-state index contributed by atoms with van der Waals surface area (Å²) in [6, 6.07) is 7.05. The number of aryl methyl sites for hydroxylation is 1. The molecule has 0 bridgehead atoms. The first-order valence-corrected chi connectivity index (χ1v) is 7.48. The SMILES string of the molecule is CCc1nc(S[C@H](C)C(=O)Nc2cccc(Cl)c2)n[nH]1. The minimum atomic E-state index is -0.297. The van der Waals surface area contributed by atoms with Crippen molar-refractivity contribution in [2.75, 3.05) is 5.32 Å². The van der Waals surface area contributed by atoms with Crippen molar-refractivity contribution in [2.24, 2.45) is 0 Å². The average Bonchev–Trinajstić information content (AvgIpc) is 2.86. The fourth-order valence-corrected chi connectivity index (χ4v) is 2.44. The number of carbonyl (C=O) groups is 1. The summed E-state index contributed by atoms with van der Waals surface area (Å²) in [6.45, 7) is 3.80. The Labute approximate surface area is 126 Å². The van der Waals surface area contributed by atoms with Gasteiger partial charge >= 0.3 is 0 Å². The molecule has 0 saturated heterocycles. The van der Waals surface area contributed by atoms with Crippen LogP contribution in [0.25, 0.3) is 0 Å². The molecule has 1 aromatic carbocycles. The lowest BCUT2D eigenvalue weighted by molar-refractivity contribution is -0.115. The van der Waals surface area contributed by atoms with Crippen molar-refractivity contribution in [1.82, 2.24) is 15.2 Å². The number of aromatic amines is 1. The van der Waals surface area contributed by atoms with E-state index < -0.39 is 0 Å². The first-order chi connectivity index (χ1) is 9.58. The molecule has 1 atom stereocenters. The maximum absolute atomic E-state index is 12.1. The molecule has 1 aromatic heterocycles. The van der Waals surface area contributed by atoms with E-state index in [9.17, 15) is 4.79 Å². The zero-order chi connectivity index (χ0) is 14.5. The first kappa shape index (κ1) is 14.9. The van der Waals surface area contributed by atoms with Gasteiger partial charge in [0.2, 0.25) is 11.1 Å². The number of H-pyrrole nitrogens is 1. The highest BCUT2D eigenvalue weighted by Gasteiger charge is 2.17. The number of hydrogen-bond acceptors (Lipinski definition) is 4. The van der Waals surface area contributed by atoms with E-state index >= 15 is 0 Å². The molecule has 0 aliphatic heterocycles. The van der Waals surface area contributed by atoms with Crippen LogP contribution in [0.2, 0.25) is 5.02 Å². The second-order valence-corrected chi connectivity index (χ2v) is 5.92. The molecular formula is C13H15ClN4OS. The maximum atomic E-state index is 12.1. The van der Waals surface area contributed by atoms with Gasteiger partial charge < -0.3 is 5.32 Å². The number of hydrogen-bond donors (Lipinski definition) is 2. The number of aromatic nitrogens is 3. The molecule has 2 aromatic rings. The molecule has 0 radical (unpaired) electrons. The Hall–Kier alpha value is -1.53. The van der Waals surface area contributed by atoms with E-state index in [1.54, 1.807) is 24.3 Å². The molecule has 7 heteroatoms. The molecule has 0 fully saturated rings. The monoisotopic (exact) mass is 310 g/mol. The summed E-state index contributed by atoms with van der Waals surface area (Å²) in [5, 5.41) is 10.6. The number of halogens is 1. The zero-order valence-corrected chi connectivity index (χ0v) is 12.8. The Morgan fingerprint density at radius 1 is 1.55 bits per heavy atom. The molecule has 106 valence electrons. The van der Waals surface area contributed by atoms with Crippen LogP contribution >= 0.6 is 23.4 Å². The van der Waals surface area contributed by atoms with E-state index in [-0.39, 0.29) is 11.2 Å². The number of nitrogens with zero attached hydrogens (tertiary/aromatic N) is 2. The quantitative estimate of drug-likeness (QED) is 0.832. The van der Waals surface area contributed by atoms with Gasteiger partial charge in [-0.1, -0.05) is 36.4 Å². The fraction of sp³-hybridized carbons (Fsp3) is 0.308. The van der Waals surface area contributed by atoms with Crippen LogP contribution in [0.5, 0.6) is 0 Å². The van der Waals surface area contributed by atoms with E-state index in [0.717, 1.165) is 12.2 Å². The highest BCUT2D eigenvalue weighted by atomic mass is 35.5. The van der Waals surface area contributed by atoms with Gasteiger partial charge in [-0.25, -0.2) is 4.98 Å². The summed E-state index contributed by atoms with van der Waals surface area (Å²) in [5.74, 6) is 0.704. The minimum absolute atomic E-state index is 0.111. The highest BCUT2D eigenvalue weighted by molar-refractivity contribution is 8.00. The molecule has 1 amide bonds. The number of carbonyl (C=O) groups excluding carboxylic acids is 1. The van der Waals surface area contributed by atoms with Crippen LogP contribution in [-0.4, -0.2) is 26.3 Å². The number of nitrogens with one attached hydrogen (secondary N) is 2. The summed E-state index contributed by atoms with van der Waals surface area (Å²) in [7, 11) is 0. The van der Waals surface area contributed by atoms with Gasteiger partial charge in [-0.3, -0.25) is 9.89 Å². The van der Waals surface area contributed by atoms with Gasteiger partial charge in [0.1, 0.15) is 5.82 Å². The van der Waals surface area contributed by atoms with Crippen LogP contribution in [0, 0.1) is 0 Å². The minimum Gasteiger partial charge on any atom is -0.325 e. The summed E-state index contributed by atoms with van der Waals surface area (Å²) in [5.41, 5.74) is 0.680. The summed E-state index contributed by atoms with van der Waals surface area (Å²) < 4.78 is 0. The second kappa shape index (κ2) is 6.76. The molecule has 2 rings (SSSR count). The van der Waals surface area contributed by atoms with Crippen LogP contribution in [0.1, 0.15) is 19.7 Å². The van der Waals surface area contributed by atoms with Crippen molar-refractivity contribution in [3.05, 3.63) is 35.1 Å². The maximum Gasteiger partial charge on any atom is 0.237 e. The van der Waals surface area contributed by atoms with E-state index in [1.807, 2.05) is 13.8 Å². The van der Waals surface area contributed by atoms with E-state index in [2.05, 4.69) is 20.5 Å². The van der Waals surface area contributed by atoms with Crippen LogP contribution in [0.4, 0.5) is 5.69 Å². The topological polar surface area (TPSA) is 70.7 Å². The number of thioether (sulfide) groups is 1. The predicted octanol–water partition coefficient (Wildman–Crippen LogP) is 3.14. The standard InChI is InChI=1S/C13H15ClN4OS/c1-3-11-16-13(18-17-11)20-8(2)12(19)15-10-6-4-5-9(14)7-10/h4-8H,3H2,1-2H3,(H,15,19)(H,16,17,18)/t8-/m1/s1. The van der Waals surface area contributed by atoms with Crippen molar-refractivity contribution in [3.8, 4) is 0 Å². The van der Waals surface area contributed by atoms with Gasteiger partial charge in [0.25, 0.3) is 0 Å². The van der Waals surface area contributed by atoms with Crippen molar-refractivity contribution in [1.29, 1.82) is 0 Å². The molecule has 0 spiro atoms. The van der Waals surface area contributed by atoms with Gasteiger partial charge in [0.05, 0.1) is 5.25 Å². The van der Waals surface area contributed by atoms with Crippen LogP contribution in [-0.2, 0) is 11.2 Å². The normalized spacial score (nSPS) is 12.2. The van der Waals surface area contributed by atoms with Gasteiger partial charge in [-0.15, -0.1) is 5.10 Å². The third-order valence-corrected chi connectivity index (χ3v) is 3.79. The Bertz CT molecular complexity index is 602. The molecule has 5 nitrogen and oxygen atoms in total. The largest absolute Gasteiger partial charge is 0.325 e. The second-order valence-electron chi connectivity index (χ2n) is 4.18. The lowest BCUT2D eigenvalue weighted by Crippen LogP contribution is -2.22. The van der Waals surface area contributed by atoms with Crippen LogP contribution in [0.15, 0.2) is 29.4 Å². The molecule has 0 unspecified atom stereocenters. The fourth-order valence-electron chi connectivity index (χ4n) is 1.51. The van der Waals surface area contributed by atoms with Crippen LogP contribution < -0.4 is 5.32 Å². The predicted molar refractivity (Wildman–Crippen MR) is 81.2 cm³/mol. The summed E-state index contributed by atoms with van der Waals surface area (Å²) >= 11 is 7.19. The molecule has 0 aliphatic rings. The van der Waals surface area contributed by atoms with Crippen molar-refractivity contribution < 1.29 is 4.79 Å². The van der Waals surface area contributed by atoms with Gasteiger partial charge in [0.15, 0.2) is 0 Å². The molecule has 20 heavy (non-hydrogen) atoms. The summed E-state index contributed by atoms with van der Waals surface area (Å²) in [6.07, 6.45) is 0.788. The third kappa shape index (κ3) is 3.98. The molecule has 0 aliphatic carbocycles. The van der Waals surface area contributed by atoms with Gasteiger partial charge in [-0.2, -0.15) is 0 Å². The Morgan fingerprint density at radius 3 is 3.00 bits per heavy atom. The van der Waals surface area contributed by atoms with Crippen LogP contribution in [0.3, 0.4) is 0 Å². The lowest BCUT2D eigenvalue weighted by atomic mass is 10.3. The smallest absolute Gasteiger partial charge is 0.237 e. The van der Waals surface area contributed by atoms with E-state index in [0.29, 0.717) is 15.9 Å². The Morgan fingerprint density at radius 2 is 2.35 bits per heavy atom. The molecule has 1 heterocycles. The molecule has 2 N–H and O–H groups in total. The van der Waals surface area contributed by atoms with Crippen molar-refractivity contribution in [2.45, 2.75) is 30.7 Å². The Kier molecular flexibility index (Phi) is 5.03. The van der Waals surface area contributed by atoms with E-state index in [1.165, 1.54) is 11.8 Å². The summed E-state index contributed by atoms with van der Waals surface area (Å²) in [4.78, 5) is 16.3. The highest BCUT2D eigenvalue weighted by Crippen LogP contribution is 2.21. The number of benzene rings is 1. The third-order valence-electron chi connectivity index (χ3n) is 2.59. The van der Waals surface area contributed by atoms with Gasteiger partial charge in [0, 0.05) is 17.1 Å². The molecular weight excluding hydrogens is 296 g/mol. The van der Waals surface area contributed by atoms with E-state index in [4.69, 9.17) is 11.6 Å². The van der Waals surface area contributed by atoms with Crippen molar-refractivity contribution >= 4 is 35.0 Å². The average molecular weight is 311 g/mol. The number of anilines is 1.